The molecule has 0 saturated heterocycles. The fraction of sp³-hybridized carbons (Fsp3) is 0.583. The number of carbonyl (C=O) groups excluding carboxylic acids is 1. The molecule has 106 valence electrons. The van der Waals surface area contributed by atoms with Crippen molar-refractivity contribution in [3.8, 4) is 0 Å². The second kappa shape index (κ2) is 6.89. The summed E-state index contributed by atoms with van der Waals surface area (Å²) >= 11 is 0. The molecule has 1 rings (SSSR count). The van der Waals surface area contributed by atoms with Crippen LogP contribution in [0.5, 0.6) is 0 Å². The molecule has 1 aromatic rings. The molecule has 1 atom stereocenters. The first kappa shape index (κ1) is 15.2. The predicted molar refractivity (Wildman–Crippen MR) is 65.6 cm³/mol. The second-order valence-electron chi connectivity index (χ2n) is 4.30. The lowest BCUT2D eigenvalue weighted by Crippen LogP contribution is -2.30. The summed E-state index contributed by atoms with van der Waals surface area (Å²) < 4.78 is 4.99. The molecule has 0 bridgehead atoms. The van der Waals surface area contributed by atoms with Gasteiger partial charge in [-0.05, 0) is 20.3 Å². The molecule has 0 aliphatic heterocycles. The Balaban J connectivity index is 2.27. The van der Waals surface area contributed by atoms with E-state index >= 15 is 0 Å². The SMILES string of the molecule is Cc1noc(C)c1CCC(=O)NCCC(O)C(=O)O. The van der Waals surface area contributed by atoms with Gasteiger partial charge < -0.3 is 20.1 Å². The average Bonchev–Trinajstić information content (AvgIpc) is 2.66. The maximum atomic E-state index is 11.5. The molecule has 7 heteroatoms. The van der Waals surface area contributed by atoms with E-state index in [2.05, 4.69) is 10.5 Å². The van der Waals surface area contributed by atoms with Gasteiger partial charge in [0.05, 0.1) is 5.69 Å². The molecule has 0 radical (unpaired) electrons. The van der Waals surface area contributed by atoms with Crippen LogP contribution in [0.2, 0.25) is 0 Å². The summed E-state index contributed by atoms with van der Waals surface area (Å²) in [6.45, 7) is 3.73. The van der Waals surface area contributed by atoms with Gasteiger partial charge in [-0.25, -0.2) is 4.79 Å². The highest BCUT2D eigenvalue weighted by Crippen LogP contribution is 2.14. The van der Waals surface area contributed by atoms with E-state index in [0.717, 1.165) is 11.3 Å². The van der Waals surface area contributed by atoms with E-state index in [9.17, 15) is 9.59 Å². The summed E-state index contributed by atoms with van der Waals surface area (Å²) in [5.41, 5.74) is 1.69. The third-order valence-corrected chi connectivity index (χ3v) is 2.81. The van der Waals surface area contributed by atoms with Gasteiger partial charge in [-0.15, -0.1) is 0 Å². The van der Waals surface area contributed by atoms with Crippen molar-refractivity contribution in [3.63, 3.8) is 0 Å². The lowest BCUT2D eigenvalue weighted by atomic mass is 10.1. The van der Waals surface area contributed by atoms with Crippen molar-refractivity contribution in [2.45, 2.75) is 39.2 Å². The van der Waals surface area contributed by atoms with Gasteiger partial charge in [0.15, 0.2) is 6.10 Å². The number of hydrogen-bond donors (Lipinski definition) is 3. The van der Waals surface area contributed by atoms with E-state index in [1.807, 2.05) is 6.92 Å². The topological polar surface area (TPSA) is 113 Å². The van der Waals surface area contributed by atoms with Gasteiger partial charge in [-0.2, -0.15) is 0 Å². The number of aliphatic hydroxyl groups is 1. The van der Waals surface area contributed by atoms with E-state index in [0.29, 0.717) is 12.2 Å². The maximum absolute atomic E-state index is 11.5. The summed E-state index contributed by atoms with van der Waals surface area (Å²) in [7, 11) is 0. The number of carboxylic acids is 1. The molecule has 3 N–H and O–H groups in total. The Morgan fingerprint density at radius 1 is 1.42 bits per heavy atom. The van der Waals surface area contributed by atoms with E-state index in [1.165, 1.54) is 0 Å². The van der Waals surface area contributed by atoms with Crippen LogP contribution in [0.25, 0.3) is 0 Å². The van der Waals surface area contributed by atoms with Crippen LogP contribution in [-0.2, 0) is 16.0 Å². The quantitative estimate of drug-likeness (QED) is 0.651. The lowest BCUT2D eigenvalue weighted by Gasteiger charge is -2.07. The second-order valence-corrected chi connectivity index (χ2v) is 4.30. The summed E-state index contributed by atoms with van der Waals surface area (Å²) in [4.78, 5) is 21.9. The minimum Gasteiger partial charge on any atom is -0.479 e. The highest BCUT2D eigenvalue weighted by atomic mass is 16.5. The first-order chi connectivity index (χ1) is 8.91. The zero-order chi connectivity index (χ0) is 14.4. The molecular formula is C12H18N2O5. The number of aromatic nitrogens is 1. The third kappa shape index (κ3) is 4.70. The van der Waals surface area contributed by atoms with Gasteiger partial charge in [-0.1, -0.05) is 5.16 Å². The fourth-order valence-electron chi connectivity index (χ4n) is 1.66. The Bertz CT molecular complexity index is 435. The molecule has 1 heterocycles. The standard InChI is InChI=1S/C12H18N2O5/c1-7-9(8(2)19-14-7)3-4-11(16)13-6-5-10(15)12(17)18/h10,15H,3-6H2,1-2H3,(H,13,16)(H,17,18). The van der Waals surface area contributed by atoms with Crippen LogP contribution in [-0.4, -0.2) is 39.9 Å². The van der Waals surface area contributed by atoms with Crippen LogP contribution < -0.4 is 5.32 Å². The predicted octanol–water partition coefficient (Wildman–Crippen LogP) is 0.176. The molecule has 19 heavy (non-hydrogen) atoms. The molecule has 0 fully saturated rings. The van der Waals surface area contributed by atoms with Crippen LogP contribution in [0, 0.1) is 13.8 Å². The Kier molecular flexibility index (Phi) is 5.50. The molecule has 0 aromatic carbocycles. The number of aliphatic carboxylic acids is 1. The van der Waals surface area contributed by atoms with Gasteiger partial charge >= 0.3 is 5.97 Å². The van der Waals surface area contributed by atoms with Crippen molar-refractivity contribution in [2.24, 2.45) is 0 Å². The number of aryl methyl sites for hydroxylation is 2. The Morgan fingerprint density at radius 2 is 2.11 bits per heavy atom. The minimum absolute atomic E-state index is 0.00754. The van der Waals surface area contributed by atoms with Crippen LogP contribution in [0.4, 0.5) is 0 Å². The Hall–Kier alpha value is -1.89. The fourth-order valence-corrected chi connectivity index (χ4v) is 1.66. The van der Waals surface area contributed by atoms with Gasteiger partial charge in [0.25, 0.3) is 0 Å². The van der Waals surface area contributed by atoms with Crippen molar-refractivity contribution < 1.29 is 24.3 Å². The number of hydrogen-bond acceptors (Lipinski definition) is 5. The zero-order valence-electron chi connectivity index (χ0n) is 11.0. The normalized spacial score (nSPS) is 12.2. The first-order valence-electron chi connectivity index (χ1n) is 6.01. The number of rotatable bonds is 7. The van der Waals surface area contributed by atoms with Crippen molar-refractivity contribution in [3.05, 3.63) is 17.0 Å². The molecule has 0 spiro atoms. The van der Waals surface area contributed by atoms with Crippen molar-refractivity contribution >= 4 is 11.9 Å². The van der Waals surface area contributed by atoms with E-state index in [-0.39, 0.29) is 25.3 Å². The summed E-state index contributed by atoms with van der Waals surface area (Å²) in [5.74, 6) is -0.783. The zero-order valence-corrected chi connectivity index (χ0v) is 11.0. The van der Waals surface area contributed by atoms with Crippen LogP contribution in [0.1, 0.15) is 29.9 Å². The molecule has 0 aliphatic carbocycles. The number of carboxylic acid groups (broad SMARTS) is 1. The van der Waals surface area contributed by atoms with E-state index in [1.54, 1.807) is 6.92 Å². The van der Waals surface area contributed by atoms with Crippen molar-refractivity contribution in [1.29, 1.82) is 0 Å². The molecule has 1 aromatic heterocycles. The van der Waals surface area contributed by atoms with Gasteiger partial charge in [-0.3, -0.25) is 4.79 Å². The Labute approximate surface area is 110 Å². The summed E-state index contributed by atoms with van der Waals surface area (Å²) in [5, 5.41) is 23.8. The van der Waals surface area contributed by atoms with E-state index in [4.69, 9.17) is 14.7 Å². The molecule has 7 nitrogen and oxygen atoms in total. The lowest BCUT2D eigenvalue weighted by molar-refractivity contribution is -0.147. The smallest absolute Gasteiger partial charge is 0.332 e. The molecule has 0 saturated carbocycles. The van der Waals surface area contributed by atoms with E-state index < -0.39 is 12.1 Å². The first-order valence-corrected chi connectivity index (χ1v) is 6.01. The number of aliphatic hydroxyl groups excluding tert-OH is 1. The van der Waals surface area contributed by atoms with Gasteiger partial charge in [0.2, 0.25) is 5.91 Å². The highest BCUT2D eigenvalue weighted by molar-refractivity contribution is 5.76. The maximum Gasteiger partial charge on any atom is 0.332 e. The average molecular weight is 270 g/mol. The van der Waals surface area contributed by atoms with Crippen LogP contribution in [0.15, 0.2) is 4.52 Å². The molecule has 0 aliphatic rings. The molecule has 1 amide bonds. The van der Waals surface area contributed by atoms with Crippen molar-refractivity contribution in [2.75, 3.05) is 6.54 Å². The number of nitrogens with zero attached hydrogens (tertiary/aromatic N) is 1. The van der Waals surface area contributed by atoms with Crippen LogP contribution >= 0.6 is 0 Å². The summed E-state index contributed by atoms with van der Waals surface area (Å²) in [6, 6.07) is 0. The number of nitrogens with one attached hydrogen (secondary N) is 1. The van der Waals surface area contributed by atoms with Gasteiger partial charge in [0.1, 0.15) is 5.76 Å². The third-order valence-electron chi connectivity index (χ3n) is 2.81. The molecule has 1 unspecified atom stereocenters. The van der Waals surface area contributed by atoms with Crippen LogP contribution in [0.3, 0.4) is 0 Å². The number of carbonyl (C=O) groups is 2. The summed E-state index contributed by atoms with van der Waals surface area (Å²) in [6.07, 6.45) is -0.657. The highest BCUT2D eigenvalue weighted by Gasteiger charge is 2.14. The van der Waals surface area contributed by atoms with Crippen molar-refractivity contribution in [1.82, 2.24) is 10.5 Å². The molecular weight excluding hydrogens is 252 g/mol. The largest absolute Gasteiger partial charge is 0.479 e. The number of amides is 1. The minimum atomic E-state index is -1.44. The van der Waals surface area contributed by atoms with Gasteiger partial charge in [0, 0.05) is 24.9 Å². The Morgan fingerprint density at radius 3 is 2.63 bits per heavy atom. The monoisotopic (exact) mass is 270 g/mol.